The Morgan fingerprint density at radius 1 is 1.25 bits per heavy atom. The number of aromatic nitrogens is 1. The van der Waals surface area contributed by atoms with Crippen molar-refractivity contribution in [3.8, 4) is 0 Å². The zero-order valence-electron chi connectivity index (χ0n) is 10.2. The van der Waals surface area contributed by atoms with Gasteiger partial charge in [0, 0.05) is 20.2 Å². The van der Waals surface area contributed by atoms with Crippen molar-refractivity contribution in [3.05, 3.63) is 54.6 Å². The summed E-state index contributed by atoms with van der Waals surface area (Å²) in [5, 5.41) is 3.46. The number of carbonyl (C=O) groups is 1. The smallest absolute Gasteiger partial charge is 0.258 e. The van der Waals surface area contributed by atoms with Gasteiger partial charge in [-0.15, -0.1) is 0 Å². The summed E-state index contributed by atoms with van der Waals surface area (Å²) in [5.74, 6) is -0.357. The number of hydrogen-bond donors (Lipinski definition) is 1. The third-order valence-corrected chi connectivity index (χ3v) is 4.34. The van der Waals surface area contributed by atoms with Crippen LogP contribution < -0.4 is 5.32 Å². The fourth-order valence-electron chi connectivity index (χ4n) is 1.51. The van der Waals surface area contributed by atoms with Gasteiger partial charge in [0.25, 0.3) is 5.91 Å². The number of halogens is 4. The third kappa shape index (κ3) is 3.52. The number of amides is 1. The first-order chi connectivity index (χ1) is 9.38. The number of hydrogen-bond acceptors (Lipinski definition) is 2. The molecule has 104 valence electrons. The summed E-state index contributed by atoms with van der Waals surface area (Å²) in [7, 11) is 0. The highest BCUT2D eigenvalue weighted by Gasteiger charge is 2.14. The molecule has 0 saturated heterocycles. The van der Waals surface area contributed by atoms with E-state index in [1.54, 1.807) is 12.1 Å². The molecule has 0 aliphatic rings. The second kappa shape index (κ2) is 6.43. The molecular weight excluding hydrogens is 431 g/mol. The molecule has 0 atom stereocenters. The zero-order valence-corrected chi connectivity index (χ0v) is 14.9. The number of nitrogens with zero attached hydrogens (tertiary/aromatic N) is 1. The second-order valence-corrected chi connectivity index (χ2v) is 6.56. The molecular formula is C13H8Br2Cl2N2O. The van der Waals surface area contributed by atoms with E-state index in [0.717, 1.165) is 10.0 Å². The lowest BCUT2D eigenvalue weighted by atomic mass is 10.2. The van der Waals surface area contributed by atoms with Crippen LogP contribution >= 0.6 is 55.1 Å². The number of rotatable bonds is 2. The molecule has 2 rings (SSSR count). The van der Waals surface area contributed by atoms with Gasteiger partial charge in [-0.1, -0.05) is 23.2 Å². The molecule has 2 aromatic rings. The van der Waals surface area contributed by atoms with Gasteiger partial charge in [-0.25, -0.2) is 4.98 Å². The molecule has 7 heteroatoms. The molecule has 0 saturated carbocycles. The minimum Gasteiger partial charge on any atom is -0.321 e. The number of anilines is 1. The predicted molar refractivity (Wildman–Crippen MR) is 88.8 cm³/mol. The Labute approximate surface area is 142 Å². The third-order valence-electron chi connectivity index (χ3n) is 2.55. The Balaban J connectivity index is 2.32. The van der Waals surface area contributed by atoms with Crippen LogP contribution in [0.15, 0.2) is 33.3 Å². The Kier molecular flexibility index (Phi) is 5.07. The highest BCUT2D eigenvalue weighted by molar-refractivity contribution is 9.10. The summed E-state index contributed by atoms with van der Waals surface area (Å²) in [6, 6.07) is 5.12. The largest absolute Gasteiger partial charge is 0.321 e. The predicted octanol–water partition coefficient (Wildman–Crippen LogP) is 5.47. The minimum absolute atomic E-state index is 0.139. The Hall–Kier alpha value is -0.620. The summed E-state index contributed by atoms with van der Waals surface area (Å²) in [6.07, 6.45) is 1.53. The number of aryl methyl sites for hydroxylation is 1. The molecule has 1 heterocycles. The van der Waals surface area contributed by atoms with Gasteiger partial charge < -0.3 is 5.32 Å². The summed E-state index contributed by atoms with van der Waals surface area (Å²) in [4.78, 5) is 16.1. The van der Waals surface area contributed by atoms with Crippen LogP contribution in [-0.4, -0.2) is 10.9 Å². The van der Waals surface area contributed by atoms with E-state index in [1.807, 2.05) is 13.0 Å². The normalized spacial score (nSPS) is 10.4. The average Bonchev–Trinajstić information content (AvgIpc) is 2.38. The molecule has 1 N–H and O–H groups in total. The van der Waals surface area contributed by atoms with Crippen molar-refractivity contribution in [3.63, 3.8) is 0 Å². The van der Waals surface area contributed by atoms with E-state index in [2.05, 4.69) is 42.2 Å². The first-order valence-electron chi connectivity index (χ1n) is 5.46. The van der Waals surface area contributed by atoms with E-state index < -0.39 is 0 Å². The molecule has 3 nitrogen and oxygen atoms in total. The maximum atomic E-state index is 12.2. The lowest BCUT2D eigenvalue weighted by Gasteiger charge is -2.10. The molecule has 0 fully saturated rings. The maximum absolute atomic E-state index is 12.2. The average molecular weight is 439 g/mol. The van der Waals surface area contributed by atoms with Gasteiger partial charge in [0.05, 0.1) is 11.3 Å². The van der Waals surface area contributed by atoms with Crippen molar-refractivity contribution in [2.45, 2.75) is 6.92 Å². The lowest BCUT2D eigenvalue weighted by Crippen LogP contribution is -2.13. The van der Waals surface area contributed by atoms with E-state index in [0.29, 0.717) is 15.2 Å². The van der Waals surface area contributed by atoms with E-state index in [4.69, 9.17) is 23.2 Å². The Bertz CT molecular complexity index is 692. The molecule has 0 radical (unpaired) electrons. The molecule has 0 unspecified atom stereocenters. The topological polar surface area (TPSA) is 42.0 Å². The highest BCUT2D eigenvalue weighted by atomic mass is 79.9. The molecule has 20 heavy (non-hydrogen) atoms. The molecule has 1 aromatic heterocycles. The van der Waals surface area contributed by atoms with Crippen LogP contribution in [0.2, 0.25) is 10.2 Å². The van der Waals surface area contributed by atoms with Crippen molar-refractivity contribution >= 4 is 66.7 Å². The van der Waals surface area contributed by atoms with Crippen molar-refractivity contribution in [2.24, 2.45) is 0 Å². The van der Waals surface area contributed by atoms with Crippen LogP contribution in [0.1, 0.15) is 15.9 Å². The van der Waals surface area contributed by atoms with Crippen molar-refractivity contribution in [1.29, 1.82) is 0 Å². The van der Waals surface area contributed by atoms with Gasteiger partial charge in [0.15, 0.2) is 0 Å². The van der Waals surface area contributed by atoms with Gasteiger partial charge in [-0.05, 0) is 62.5 Å². The summed E-state index contributed by atoms with van der Waals surface area (Å²) >= 11 is 18.6. The van der Waals surface area contributed by atoms with Crippen LogP contribution in [0, 0.1) is 6.92 Å². The molecule has 1 amide bonds. The SMILES string of the molecule is Cc1cc(Br)c(NC(=O)c2cc(Br)cnc2Cl)cc1Cl. The standard InChI is InChI=1S/C13H8Br2Cl2N2O/c1-6-2-9(15)11(4-10(6)16)19-13(20)8-3-7(14)5-18-12(8)17/h2-5H,1H3,(H,19,20). The Morgan fingerprint density at radius 2 is 1.95 bits per heavy atom. The van der Waals surface area contributed by atoms with Gasteiger partial charge in [-0.3, -0.25) is 4.79 Å². The van der Waals surface area contributed by atoms with Crippen LogP contribution in [0.25, 0.3) is 0 Å². The second-order valence-electron chi connectivity index (χ2n) is 4.03. The lowest BCUT2D eigenvalue weighted by molar-refractivity contribution is 0.102. The van der Waals surface area contributed by atoms with Crippen LogP contribution in [0.3, 0.4) is 0 Å². The highest BCUT2D eigenvalue weighted by Crippen LogP contribution is 2.30. The van der Waals surface area contributed by atoms with E-state index in [9.17, 15) is 4.79 Å². The summed E-state index contributed by atoms with van der Waals surface area (Å²) in [6.45, 7) is 1.88. The van der Waals surface area contributed by atoms with Crippen LogP contribution in [0.4, 0.5) is 5.69 Å². The fourth-order valence-corrected chi connectivity index (χ4v) is 2.75. The van der Waals surface area contributed by atoms with E-state index in [1.165, 1.54) is 6.20 Å². The van der Waals surface area contributed by atoms with Crippen LogP contribution in [-0.2, 0) is 0 Å². The molecule has 0 spiro atoms. The van der Waals surface area contributed by atoms with Gasteiger partial charge in [0.2, 0.25) is 0 Å². The molecule has 0 bridgehead atoms. The van der Waals surface area contributed by atoms with Crippen molar-refractivity contribution in [1.82, 2.24) is 4.98 Å². The zero-order chi connectivity index (χ0) is 14.9. The first kappa shape index (κ1) is 15.8. The van der Waals surface area contributed by atoms with Crippen LogP contribution in [0.5, 0.6) is 0 Å². The fraction of sp³-hybridized carbons (Fsp3) is 0.0769. The van der Waals surface area contributed by atoms with Gasteiger partial charge in [-0.2, -0.15) is 0 Å². The first-order valence-corrected chi connectivity index (χ1v) is 7.80. The maximum Gasteiger partial charge on any atom is 0.258 e. The summed E-state index contributed by atoms with van der Waals surface area (Å²) in [5.41, 5.74) is 1.77. The number of carbonyl (C=O) groups excluding carboxylic acids is 1. The van der Waals surface area contributed by atoms with E-state index in [-0.39, 0.29) is 16.6 Å². The van der Waals surface area contributed by atoms with Gasteiger partial charge in [0.1, 0.15) is 5.15 Å². The van der Waals surface area contributed by atoms with Gasteiger partial charge >= 0.3 is 0 Å². The Morgan fingerprint density at radius 3 is 2.65 bits per heavy atom. The molecule has 1 aromatic carbocycles. The number of nitrogens with one attached hydrogen (secondary N) is 1. The van der Waals surface area contributed by atoms with Crippen molar-refractivity contribution in [2.75, 3.05) is 5.32 Å². The number of benzene rings is 1. The number of pyridine rings is 1. The molecule has 0 aliphatic heterocycles. The molecule has 0 aliphatic carbocycles. The quantitative estimate of drug-likeness (QED) is 0.631. The minimum atomic E-state index is -0.357. The summed E-state index contributed by atoms with van der Waals surface area (Å²) < 4.78 is 1.42. The monoisotopic (exact) mass is 436 g/mol. The van der Waals surface area contributed by atoms with E-state index >= 15 is 0 Å². The van der Waals surface area contributed by atoms with Crippen molar-refractivity contribution < 1.29 is 4.79 Å².